The van der Waals surface area contributed by atoms with Crippen molar-refractivity contribution >= 4 is 38.6 Å². The lowest BCUT2D eigenvalue weighted by molar-refractivity contribution is 0.336. The maximum Gasteiger partial charge on any atom is 0.252 e. The van der Waals surface area contributed by atoms with Gasteiger partial charge in [-0.15, -0.1) is 11.3 Å². The van der Waals surface area contributed by atoms with Crippen molar-refractivity contribution in [3.05, 3.63) is 17.0 Å². The van der Waals surface area contributed by atoms with Crippen LogP contribution in [0, 0.1) is 0 Å². The molecule has 2 N–H and O–H groups in total. The molecule has 1 saturated carbocycles. The highest BCUT2D eigenvalue weighted by Gasteiger charge is 2.29. The number of nitrogens with two attached hydrogens (primary N) is 1. The van der Waals surface area contributed by atoms with Gasteiger partial charge in [0, 0.05) is 13.1 Å². The molecule has 7 heteroatoms. The molecule has 20 heavy (non-hydrogen) atoms. The Morgan fingerprint density at radius 2 is 1.90 bits per heavy atom. The summed E-state index contributed by atoms with van der Waals surface area (Å²) in [6.07, 6.45) is 6.51. The molecular formula is C13H20N2O2S3. The van der Waals surface area contributed by atoms with Gasteiger partial charge in [-0.1, -0.05) is 37.9 Å². The normalized spacial score (nSPS) is 18.1. The Labute approximate surface area is 130 Å². The predicted molar refractivity (Wildman–Crippen MR) is 86.6 cm³/mol. The number of hydrogen-bond acceptors (Lipinski definition) is 4. The highest BCUT2D eigenvalue weighted by molar-refractivity contribution is 7.91. The monoisotopic (exact) mass is 332 g/mol. The molecule has 0 amide bonds. The van der Waals surface area contributed by atoms with E-state index < -0.39 is 10.0 Å². The van der Waals surface area contributed by atoms with Crippen LogP contribution in [0.4, 0.5) is 0 Å². The number of sulfonamides is 1. The standard InChI is InChI=1S/C13H20N2O2S3/c1-15(10-6-4-2-3-5-7-10)20(16,17)12-9-8-11(19-12)13(14)18/h8-10H,2-7H2,1H3,(H2,14,18). The molecule has 1 aliphatic rings. The van der Waals surface area contributed by atoms with E-state index in [1.165, 1.54) is 17.1 Å². The average Bonchev–Trinajstić information content (AvgIpc) is 2.76. The minimum atomic E-state index is -3.43. The molecular weight excluding hydrogens is 312 g/mol. The van der Waals surface area contributed by atoms with Crippen molar-refractivity contribution in [1.29, 1.82) is 0 Å². The molecule has 0 aliphatic heterocycles. The number of rotatable bonds is 4. The highest BCUT2D eigenvalue weighted by Crippen LogP contribution is 2.29. The van der Waals surface area contributed by atoms with Crippen LogP contribution >= 0.6 is 23.6 Å². The van der Waals surface area contributed by atoms with Gasteiger partial charge >= 0.3 is 0 Å². The van der Waals surface area contributed by atoms with Gasteiger partial charge in [0.15, 0.2) is 0 Å². The Kier molecular flexibility index (Phi) is 5.17. The van der Waals surface area contributed by atoms with Gasteiger partial charge in [-0.25, -0.2) is 8.42 Å². The lowest BCUT2D eigenvalue weighted by atomic mass is 10.1. The van der Waals surface area contributed by atoms with Gasteiger partial charge in [0.1, 0.15) is 9.20 Å². The second-order valence-electron chi connectivity index (χ2n) is 5.15. The molecule has 1 aromatic heterocycles. The minimum Gasteiger partial charge on any atom is -0.389 e. The van der Waals surface area contributed by atoms with Crippen molar-refractivity contribution in [3.8, 4) is 0 Å². The summed E-state index contributed by atoms with van der Waals surface area (Å²) in [5.74, 6) is 0. The van der Waals surface area contributed by atoms with Gasteiger partial charge in [-0.2, -0.15) is 4.31 Å². The molecule has 0 radical (unpaired) electrons. The molecule has 2 rings (SSSR count). The lowest BCUT2D eigenvalue weighted by Gasteiger charge is -2.25. The van der Waals surface area contributed by atoms with Crippen LogP contribution in [0.2, 0.25) is 0 Å². The van der Waals surface area contributed by atoms with Crippen LogP contribution in [0.1, 0.15) is 43.4 Å². The molecule has 0 saturated heterocycles. The summed E-state index contributed by atoms with van der Waals surface area (Å²) < 4.78 is 27.1. The first-order valence-electron chi connectivity index (χ1n) is 6.80. The fourth-order valence-electron chi connectivity index (χ4n) is 2.55. The maximum atomic E-state index is 12.6. The Morgan fingerprint density at radius 3 is 2.40 bits per heavy atom. The third-order valence-corrected chi connectivity index (χ3v) is 7.64. The molecule has 1 aromatic rings. The van der Waals surface area contributed by atoms with Crippen molar-refractivity contribution in [1.82, 2.24) is 4.31 Å². The molecule has 0 atom stereocenters. The van der Waals surface area contributed by atoms with Gasteiger partial charge in [-0.05, 0) is 25.0 Å². The van der Waals surface area contributed by atoms with Crippen molar-refractivity contribution in [2.45, 2.75) is 48.8 Å². The van der Waals surface area contributed by atoms with Gasteiger partial charge in [0.2, 0.25) is 0 Å². The Balaban J connectivity index is 2.21. The lowest BCUT2D eigenvalue weighted by Crippen LogP contribution is -2.36. The minimum absolute atomic E-state index is 0.109. The smallest absolute Gasteiger partial charge is 0.252 e. The van der Waals surface area contributed by atoms with E-state index in [-0.39, 0.29) is 11.0 Å². The molecule has 0 unspecified atom stereocenters. The van der Waals surface area contributed by atoms with Crippen molar-refractivity contribution in [2.24, 2.45) is 5.73 Å². The fraction of sp³-hybridized carbons (Fsp3) is 0.615. The van der Waals surface area contributed by atoms with Gasteiger partial charge in [-0.3, -0.25) is 0 Å². The summed E-state index contributed by atoms with van der Waals surface area (Å²) in [5.41, 5.74) is 5.54. The van der Waals surface area contributed by atoms with Gasteiger partial charge < -0.3 is 5.73 Å². The van der Waals surface area contributed by atoms with Crippen LogP contribution in [0.15, 0.2) is 16.3 Å². The third-order valence-electron chi connectivity index (χ3n) is 3.80. The van der Waals surface area contributed by atoms with E-state index in [9.17, 15) is 8.42 Å². The highest BCUT2D eigenvalue weighted by atomic mass is 32.2. The molecule has 112 valence electrons. The van der Waals surface area contributed by atoms with Crippen molar-refractivity contribution in [3.63, 3.8) is 0 Å². The summed E-state index contributed by atoms with van der Waals surface area (Å²) in [6, 6.07) is 3.39. The van der Waals surface area contributed by atoms with E-state index in [0.29, 0.717) is 9.09 Å². The van der Waals surface area contributed by atoms with Crippen LogP contribution < -0.4 is 5.73 Å². The average molecular weight is 333 g/mol. The van der Waals surface area contributed by atoms with E-state index >= 15 is 0 Å². The van der Waals surface area contributed by atoms with E-state index in [0.717, 1.165) is 37.0 Å². The molecule has 0 bridgehead atoms. The Hall–Kier alpha value is -0.500. The second-order valence-corrected chi connectivity index (χ2v) is 8.90. The Morgan fingerprint density at radius 1 is 1.30 bits per heavy atom. The fourth-order valence-corrected chi connectivity index (χ4v) is 5.50. The van der Waals surface area contributed by atoms with E-state index in [1.54, 1.807) is 19.2 Å². The molecule has 0 aromatic carbocycles. The number of hydrogen-bond donors (Lipinski definition) is 1. The topological polar surface area (TPSA) is 63.4 Å². The maximum absolute atomic E-state index is 12.6. The molecule has 1 aliphatic carbocycles. The van der Waals surface area contributed by atoms with Crippen LogP contribution in [-0.4, -0.2) is 30.8 Å². The zero-order chi connectivity index (χ0) is 14.8. The number of nitrogens with zero attached hydrogens (tertiary/aromatic N) is 1. The second kappa shape index (κ2) is 6.51. The van der Waals surface area contributed by atoms with Crippen LogP contribution in [0.3, 0.4) is 0 Å². The van der Waals surface area contributed by atoms with Crippen LogP contribution in [0.25, 0.3) is 0 Å². The van der Waals surface area contributed by atoms with E-state index in [2.05, 4.69) is 0 Å². The third kappa shape index (κ3) is 3.39. The van der Waals surface area contributed by atoms with Crippen LogP contribution in [0.5, 0.6) is 0 Å². The summed E-state index contributed by atoms with van der Waals surface area (Å²) in [7, 11) is -1.74. The zero-order valence-corrected chi connectivity index (χ0v) is 14.0. The number of thiocarbonyl (C=S) groups is 1. The van der Waals surface area contributed by atoms with Gasteiger partial charge in [0.25, 0.3) is 10.0 Å². The molecule has 4 nitrogen and oxygen atoms in total. The first-order chi connectivity index (χ1) is 9.43. The zero-order valence-electron chi connectivity index (χ0n) is 11.5. The largest absolute Gasteiger partial charge is 0.389 e. The molecule has 0 spiro atoms. The molecule has 1 heterocycles. The van der Waals surface area contributed by atoms with Crippen molar-refractivity contribution in [2.75, 3.05) is 7.05 Å². The SMILES string of the molecule is CN(C1CCCCCC1)S(=O)(=O)c1ccc(C(N)=S)s1. The summed E-state index contributed by atoms with van der Waals surface area (Å²) in [4.78, 5) is 0.890. The molecule has 1 fully saturated rings. The Bertz CT molecular complexity index is 572. The van der Waals surface area contributed by atoms with E-state index in [1.807, 2.05) is 0 Å². The number of thiophene rings is 1. The summed E-state index contributed by atoms with van der Waals surface area (Å²) in [6.45, 7) is 0. The van der Waals surface area contributed by atoms with E-state index in [4.69, 9.17) is 18.0 Å². The summed E-state index contributed by atoms with van der Waals surface area (Å²) in [5, 5.41) is 0. The van der Waals surface area contributed by atoms with Crippen molar-refractivity contribution < 1.29 is 8.42 Å². The quantitative estimate of drug-likeness (QED) is 0.680. The first-order valence-corrected chi connectivity index (χ1v) is 9.47. The van der Waals surface area contributed by atoms with Crippen LogP contribution in [-0.2, 0) is 10.0 Å². The first kappa shape index (κ1) is 15.9. The summed E-state index contributed by atoms with van der Waals surface area (Å²) >= 11 is 6.04. The van der Waals surface area contributed by atoms with Gasteiger partial charge in [0.05, 0.1) is 4.88 Å². The predicted octanol–water partition coefficient (Wildman–Crippen LogP) is 2.73.